The zero-order valence-corrected chi connectivity index (χ0v) is 12.7. The van der Waals surface area contributed by atoms with Gasteiger partial charge in [-0.05, 0) is 51.0 Å². The SMILES string of the molecule is CC1(C)CCC(Cn2ccc3cc(C(N)=S)ccc32)O1. The first kappa shape index (κ1) is 13.6. The molecule has 0 radical (unpaired) electrons. The molecule has 4 heteroatoms. The molecule has 20 heavy (non-hydrogen) atoms. The number of aromatic nitrogens is 1. The third-order valence-corrected chi connectivity index (χ3v) is 4.25. The van der Waals surface area contributed by atoms with Crippen LogP contribution in [0.5, 0.6) is 0 Å². The summed E-state index contributed by atoms with van der Waals surface area (Å²) in [5, 5.41) is 1.17. The third-order valence-electron chi connectivity index (χ3n) is 4.01. The van der Waals surface area contributed by atoms with Gasteiger partial charge >= 0.3 is 0 Å². The van der Waals surface area contributed by atoms with E-state index in [4.69, 9.17) is 22.7 Å². The van der Waals surface area contributed by atoms with E-state index < -0.39 is 0 Å². The van der Waals surface area contributed by atoms with E-state index in [2.05, 4.69) is 36.7 Å². The lowest BCUT2D eigenvalue weighted by atomic mass is 10.1. The highest BCUT2D eigenvalue weighted by Gasteiger charge is 2.31. The van der Waals surface area contributed by atoms with Crippen LogP contribution >= 0.6 is 12.2 Å². The predicted molar refractivity (Wildman–Crippen MR) is 86.0 cm³/mol. The minimum absolute atomic E-state index is 0.0204. The maximum atomic E-state index is 6.07. The molecule has 3 rings (SSSR count). The van der Waals surface area contributed by atoms with Gasteiger partial charge in [-0.1, -0.05) is 12.2 Å². The van der Waals surface area contributed by atoms with Crippen LogP contribution < -0.4 is 5.73 Å². The van der Waals surface area contributed by atoms with Crippen molar-refractivity contribution in [3.05, 3.63) is 36.0 Å². The topological polar surface area (TPSA) is 40.2 Å². The highest BCUT2D eigenvalue weighted by atomic mass is 32.1. The molecule has 0 amide bonds. The van der Waals surface area contributed by atoms with E-state index >= 15 is 0 Å². The van der Waals surface area contributed by atoms with Gasteiger partial charge in [0.15, 0.2) is 0 Å². The summed E-state index contributed by atoms with van der Waals surface area (Å²) in [7, 11) is 0. The van der Waals surface area contributed by atoms with Gasteiger partial charge in [0.05, 0.1) is 11.7 Å². The summed E-state index contributed by atoms with van der Waals surface area (Å²) in [5.41, 5.74) is 7.83. The van der Waals surface area contributed by atoms with Gasteiger partial charge in [0, 0.05) is 29.2 Å². The number of ether oxygens (including phenoxy) is 1. The molecule has 1 aliphatic rings. The van der Waals surface area contributed by atoms with Crippen LogP contribution in [0.15, 0.2) is 30.5 Å². The summed E-state index contributed by atoms with van der Waals surface area (Å²) >= 11 is 5.02. The number of nitrogens with two attached hydrogens (primary N) is 1. The number of hydrogen-bond acceptors (Lipinski definition) is 2. The lowest BCUT2D eigenvalue weighted by molar-refractivity contribution is -0.0212. The van der Waals surface area contributed by atoms with Crippen LogP contribution in [-0.4, -0.2) is 21.3 Å². The lowest BCUT2D eigenvalue weighted by Crippen LogP contribution is -2.22. The molecule has 2 heterocycles. The van der Waals surface area contributed by atoms with E-state index in [1.807, 2.05) is 12.1 Å². The molecule has 1 aromatic heterocycles. The van der Waals surface area contributed by atoms with Crippen LogP contribution in [-0.2, 0) is 11.3 Å². The van der Waals surface area contributed by atoms with Crippen molar-refractivity contribution in [3.63, 3.8) is 0 Å². The van der Waals surface area contributed by atoms with Crippen LogP contribution in [0.3, 0.4) is 0 Å². The minimum Gasteiger partial charge on any atom is -0.389 e. The zero-order chi connectivity index (χ0) is 14.3. The average molecular weight is 288 g/mol. The summed E-state index contributed by atoms with van der Waals surface area (Å²) in [5.74, 6) is 0. The first-order chi connectivity index (χ1) is 9.44. The summed E-state index contributed by atoms with van der Waals surface area (Å²) in [6.45, 7) is 5.23. The largest absolute Gasteiger partial charge is 0.389 e. The van der Waals surface area contributed by atoms with E-state index in [0.29, 0.717) is 11.1 Å². The standard InChI is InChI=1S/C16H20N2OS/c1-16(2)7-5-13(19-16)10-18-8-6-11-9-12(15(17)20)3-4-14(11)18/h3-4,6,8-9,13H,5,7,10H2,1-2H3,(H2,17,20). The zero-order valence-electron chi connectivity index (χ0n) is 11.9. The summed E-state index contributed by atoms with van der Waals surface area (Å²) < 4.78 is 8.33. The Kier molecular flexibility index (Phi) is 3.30. The highest BCUT2D eigenvalue weighted by molar-refractivity contribution is 7.80. The first-order valence-electron chi connectivity index (χ1n) is 7.01. The highest BCUT2D eigenvalue weighted by Crippen LogP contribution is 2.31. The maximum absolute atomic E-state index is 6.07. The van der Waals surface area contributed by atoms with Crippen molar-refractivity contribution in [2.24, 2.45) is 5.73 Å². The third kappa shape index (κ3) is 2.58. The van der Waals surface area contributed by atoms with Crippen LogP contribution in [0.1, 0.15) is 32.3 Å². The Labute approximate surface area is 124 Å². The number of nitrogens with zero attached hydrogens (tertiary/aromatic N) is 1. The molecule has 2 aromatic rings. The Morgan fingerprint density at radius 3 is 2.90 bits per heavy atom. The van der Waals surface area contributed by atoms with E-state index in [1.165, 1.54) is 10.9 Å². The molecule has 1 aromatic carbocycles. The van der Waals surface area contributed by atoms with Crippen molar-refractivity contribution in [1.29, 1.82) is 0 Å². The van der Waals surface area contributed by atoms with Gasteiger partial charge in [0.1, 0.15) is 4.99 Å². The van der Waals surface area contributed by atoms with Crippen LogP contribution in [0.4, 0.5) is 0 Å². The Morgan fingerprint density at radius 2 is 2.25 bits per heavy atom. The van der Waals surface area contributed by atoms with Gasteiger partial charge in [-0.3, -0.25) is 0 Å². The van der Waals surface area contributed by atoms with Gasteiger partial charge in [-0.2, -0.15) is 0 Å². The molecular formula is C16H20N2OS. The number of hydrogen-bond donors (Lipinski definition) is 1. The average Bonchev–Trinajstić information content (AvgIpc) is 2.93. The van der Waals surface area contributed by atoms with E-state index in [9.17, 15) is 0 Å². The fourth-order valence-corrected chi connectivity index (χ4v) is 3.07. The van der Waals surface area contributed by atoms with Crippen LogP contribution in [0.25, 0.3) is 10.9 Å². The van der Waals surface area contributed by atoms with E-state index in [0.717, 1.165) is 24.9 Å². The molecule has 0 bridgehead atoms. The van der Waals surface area contributed by atoms with Gasteiger partial charge in [0.2, 0.25) is 0 Å². The van der Waals surface area contributed by atoms with Crippen molar-refractivity contribution in [2.75, 3.05) is 0 Å². The molecule has 106 valence electrons. The molecule has 1 aliphatic heterocycles. The second kappa shape index (κ2) is 4.86. The first-order valence-corrected chi connectivity index (χ1v) is 7.42. The molecule has 1 fully saturated rings. The number of rotatable bonds is 3. The Balaban J connectivity index is 1.84. The normalized spacial score (nSPS) is 21.4. The summed E-state index contributed by atoms with van der Waals surface area (Å²) in [6, 6.07) is 8.23. The van der Waals surface area contributed by atoms with Gasteiger partial charge in [-0.15, -0.1) is 0 Å². The van der Waals surface area contributed by atoms with Gasteiger partial charge < -0.3 is 15.0 Å². The maximum Gasteiger partial charge on any atom is 0.104 e. The minimum atomic E-state index is 0.0204. The lowest BCUT2D eigenvalue weighted by Gasteiger charge is -2.20. The molecule has 2 N–H and O–H groups in total. The quantitative estimate of drug-likeness (QED) is 0.882. The molecule has 0 aliphatic carbocycles. The van der Waals surface area contributed by atoms with Crippen LogP contribution in [0.2, 0.25) is 0 Å². The van der Waals surface area contributed by atoms with Gasteiger partial charge in [0.25, 0.3) is 0 Å². The van der Waals surface area contributed by atoms with Crippen molar-refractivity contribution in [1.82, 2.24) is 4.57 Å². The summed E-state index contributed by atoms with van der Waals surface area (Å²) in [4.78, 5) is 0.445. The second-order valence-electron chi connectivity index (χ2n) is 6.14. The Morgan fingerprint density at radius 1 is 1.45 bits per heavy atom. The van der Waals surface area contributed by atoms with E-state index in [1.54, 1.807) is 0 Å². The van der Waals surface area contributed by atoms with Crippen molar-refractivity contribution in [3.8, 4) is 0 Å². The molecule has 1 saturated heterocycles. The predicted octanol–water partition coefficient (Wildman–Crippen LogP) is 3.23. The molecule has 3 nitrogen and oxygen atoms in total. The second-order valence-corrected chi connectivity index (χ2v) is 6.58. The van der Waals surface area contributed by atoms with Crippen molar-refractivity contribution in [2.45, 2.75) is 44.9 Å². The molecular weight excluding hydrogens is 268 g/mol. The molecule has 1 atom stereocenters. The fraction of sp³-hybridized carbons (Fsp3) is 0.438. The fourth-order valence-electron chi connectivity index (χ4n) is 2.94. The smallest absolute Gasteiger partial charge is 0.104 e. The number of fused-ring (bicyclic) bond motifs is 1. The number of benzene rings is 1. The Hall–Kier alpha value is -1.39. The van der Waals surface area contributed by atoms with Crippen molar-refractivity contribution >= 4 is 28.1 Å². The molecule has 0 saturated carbocycles. The number of thiocarbonyl (C=S) groups is 1. The monoisotopic (exact) mass is 288 g/mol. The van der Waals surface area contributed by atoms with Crippen molar-refractivity contribution < 1.29 is 4.74 Å². The van der Waals surface area contributed by atoms with Gasteiger partial charge in [-0.25, -0.2) is 0 Å². The van der Waals surface area contributed by atoms with E-state index in [-0.39, 0.29) is 5.60 Å². The molecule has 1 unspecified atom stereocenters. The Bertz CT molecular complexity index is 660. The van der Waals surface area contributed by atoms with Crippen LogP contribution in [0, 0.1) is 0 Å². The molecule has 0 spiro atoms. The summed E-state index contributed by atoms with van der Waals surface area (Å²) in [6.07, 6.45) is 4.67.